The molecule has 3 aromatic rings. The molecule has 2 aromatic heterocycles. The molecule has 0 saturated carbocycles. The number of benzene rings is 1. The van der Waals surface area contributed by atoms with Crippen molar-refractivity contribution < 1.29 is 19.1 Å². The smallest absolute Gasteiger partial charge is 0.257 e. The van der Waals surface area contributed by atoms with E-state index in [2.05, 4.69) is 10.3 Å². The number of ether oxygens (including phenoxy) is 2. The summed E-state index contributed by atoms with van der Waals surface area (Å²) in [7, 11) is 3.13. The molecule has 8 heteroatoms. The molecule has 34 heavy (non-hydrogen) atoms. The number of aromatic nitrogens is 2. The van der Waals surface area contributed by atoms with Gasteiger partial charge in [0.1, 0.15) is 5.65 Å². The van der Waals surface area contributed by atoms with Gasteiger partial charge >= 0.3 is 0 Å². The molecule has 1 aromatic carbocycles. The number of hydrogen-bond donors (Lipinski definition) is 1. The Labute approximate surface area is 199 Å². The lowest BCUT2D eigenvalue weighted by molar-refractivity contribution is 0.0681. The molecule has 0 atom stereocenters. The van der Waals surface area contributed by atoms with Crippen LogP contribution < -0.4 is 14.8 Å². The van der Waals surface area contributed by atoms with Crippen LogP contribution in [-0.2, 0) is 0 Å². The summed E-state index contributed by atoms with van der Waals surface area (Å²) in [5, 5.41) is 3.01. The lowest BCUT2D eigenvalue weighted by atomic mass is 9.91. The van der Waals surface area contributed by atoms with Crippen LogP contribution in [0.3, 0.4) is 0 Å². The van der Waals surface area contributed by atoms with Gasteiger partial charge in [0.15, 0.2) is 11.5 Å². The Morgan fingerprint density at radius 3 is 2.68 bits per heavy atom. The normalized spacial score (nSPS) is 14.2. The third-order valence-electron chi connectivity index (χ3n) is 6.51. The Balaban J connectivity index is 1.17. The summed E-state index contributed by atoms with van der Waals surface area (Å²) in [6.07, 6.45) is 10.5. The van der Waals surface area contributed by atoms with Gasteiger partial charge in [-0.1, -0.05) is 18.9 Å². The second kappa shape index (κ2) is 11.0. The van der Waals surface area contributed by atoms with Gasteiger partial charge in [-0.05, 0) is 49.4 Å². The first-order valence-electron chi connectivity index (χ1n) is 11.8. The van der Waals surface area contributed by atoms with E-state index in [1.165, 1.54) is 0 Å². The second-order valence-electron chi connectivity index (χ2n) is 8.64. The molecule has 4 rings (SSSR count). The molecular weight excluding hydrogens is 432 g/mol. The van der Waals surface area contributed by atoms with Crippen LogP contribution in [0.2, 0.25) is 0 Å². The van der Waals surface area contributed by atoms with E-state index in [0.717, 1.165) is 50.8 Å². The quantitative estimate of drug-likeness (QED) is 0.487. The number of amides is 2. The maximum Gasteiger partial charge on any atom is 0.257 e. The topological polar surface area (TPSA) is 85.2 Å². The van der Waals surface area contributed by atoms with E-state index >= 15 is 0 Å². The number of fused-ring (bicyclic) bond motifs is 1. The zero-order chi connectivity index (χ0) is 23.9. The minimum Gasteiger partial charge on any atom is -0.493 e. The molecule has 180 valence electrons. The molecule has 0 bridgehead atoms. The van der Waals surface area contributed by atoms with E-state index in [0.29, 0.717) is 35.1 Å². The molecule has 0 unspecified atom stereocenters. The monoisotopic (exact) mass is 464 g/mol. The number of nitrogens with one attached hydrogen (secondary N) is 1. The van der Waals surface area contributed by atoms with Crippen LogP contribution in [-0.4, -0.2) is 60.0 Å². The first kappa shape index (κ1) is 23.6. The Morgan fingerprint density at radius 2 is 1.91 bits per heavy atom. The maximum atomic E-state index is 13.0. The first-order valence-corrected chi connectivity index (χ1v) is 11.8. The number of carbonyl (C=O) groups excluding carboxylic acids is 2. The number of para-hydroxylation sites is 1. The van der Waals surface area contributed by atoms with Gasteiger partial charge in [-0.2, -0.15) is 0 Å². The SMILES string of the molecule is COc1cccc(C(=O)N2CCC(CCCCNC(=O)c3ccc4nccn4c3)CC2)c1OC. The van der Waals surface area contributed by atoms with Crippen LogP contribution in [0.4, 0.5) is 0 Å². The van der Waals surface area contributed by atoms with Crippen LogP contribution in [0.5, 0.6) is 11.5 Å². The van der Waals surface area contributed by atoms with E-state index in [9.17, 15) is 9.59 Å². The molecule has 0 aliphatic carbocycles. The molecule has 2 amide bonds. The van der Waals surface area contributed by atoms with Crippen molar-refractivity contribution in [3.8, 4) is 11.5 Å². The summed E-state index contributed by atoms with van der Waals surface area (Å²) >= 11 is 0. The number of nitrogens with zero attached hydrogens (tertiary/aromatic N) is 3. The zero-order valence-corrected chi connectivity index (χ0v) is 19.8. The number of unbranched alkanes of at least 4 members (excludes halogenated alkanes) is 1. The van der Waals surface area contributed by atoms with E-state index in [1.807, 2.05) is 27.6 Å². The minimum atomic E-state index is -0.0598. The summed E-state index contributed by atoms with van der Waals surface area (Å²) < 4.78 is 12.6. The Bertz CT molecular complexity index is 1130. The molecule has 1 N–H and O–H groups in total. The molecule has 1 saturated heterocycles. The predicted molar refractivity (Wildman–Crippen MR) is 130 cm³/mol. The van der Waals surface area contributed by atoms with Gasteiger partial charge in [0.2, 0.25) is 0 Å². The molecular formula is C26H32N4O4. The van der Waals surface area contributed by atoms with Crippen LogP contribution in [0.15, 0.2) is 48.9 Å². The number of likely N-dealkylation sites (tertiary alicyclic amines) is 1. The fourth-order valence-corrected chi connectivity index (χ4v) is 4.57. The third-order valence-corrected chi connectivity index (χ3v) is 6.51. The van der Waals surface area contributed by atoms with Crippen LogP contribution in [0.25, 0.3) is 5.65 Å². The van der Waals surface area contributed by atoms with E-state index in [1.54, 1.807) is 44.8 Å². The largest absolute Gasteiger partial charge is 0.493 e. The Hall–Kier alpha value is -3.55. The Kier molecular flexibility index (Phi) is 7.67. The van der Waals surface area contributed by atoms with Gasteiger partial charge in [0, 0.05) is 38.2 Å². The number of piperidine rings is 1. The van der Waals surface area contributed by atoms with Crippen molar-refractivity contribution in [3.63, 3.8) is 0 Å². The lowest BCUT2D eigenvalue weighted by Crippen LogP contribution is -2.38. The number of hydrogen-bond acceptors (Lipinski definition) is 5. The van der Waals surface area contributed by atoms with Gasteiger partial charge in [-0.25, -0.2) is 4.98 Å². The van der Waals surface area contributed by atoms with Crippen molar-refractivity contribution >= 4 is 17.5 Å². The van der Waals surface area contributed by atoms with Crippen molar-refractivity contribution in [3.05, 3.63) is 60.0 Å². The van der Waals surface area contributed by atoms with Crippen LogP contribution in [0.1, 0.15) is 52.8 Å². The summed E-state index contributed by atoms with van der Waals surface area (Å²) in [6.45, 7) is 2.16. The van der Waals surface area contributed by atoms with Crippen molar-refractivity contribution in [2.45, 2.75) is 32.1 Å². The van der Waals surface area contributed by atoms with Gasteiger partial charge in [-0.15, -0.1) is 0 Å². The van der Waals surface area contributed by atoms with E-state index in [4.69, 9.17) is 9.47 Å². The third kappa shape index (κ3) is 5.32. The molecule has 8 nitrogen and oxygen atoms in total. The molecule has 1 aliphatic heterocycles. The predicted octanol–water partition coefficient (Wildman–Crippen LogP) is 3.80. The van der Waals surface area contributed by atoms with Crippen molar-refractivity contribution in [1.29, 1.82) is 0 Å². The second-order valence-corrected chi connectivity index (χ2v) is 8.64. The highest BCUT2D eigenvalue weighted by Gasteiger charge is 2.26. The number of carbonyl (C=O) groups is 2. The van der Waals surface area contributed by atoms with Gasteiger partial charge in [0.05, 0.1) is 25.3 Å². The van der Waals surface area contributed by atoms with Crippen LogP contribution >= 0.6 is 0 Å². The number of imidazole rings is 1. The highest BCUT2D eigenvalue weighted by Crippen LogP contribution is 2.32. The molecule has 1 fully saturated rings. The fourth-order valence-electron chi connectivity index (χ4n) is 4.57. The van der Waals surface area contributed by atoms with Crippen molar-refractivity contribution in [2.24, 2.45) is 5.92 Å². The number of methoxy groups -OCH3 is 2. The average Bonchev–Trinajstić information content (AvgIpc) is 3.35. The summed E-state index contributed by atoms with van der Waals surface area (Å²) in [5.74, 6) is 1.60. The lowest BCUT2D eigenvalue weighted by Gasteiger charge is -2.32. The summed E-state index contributed by atoms with van der Waals surface area (Å²) in [4.78, 5) is 31.5. The molecule has 0 spiro atoms. The molecule has 0 radical (unpaired) electrons. The maximum absolute atomic E-state index is 13.0. The van der Waals surface area contributed by atoms with E-state index in [-0.39, 0.29) is 11.8 Å². The summed E-state index contributed by atoms with van der Waals surface area (Å²) in [6, 6.07) is 9.04. The van der Waals surface area contributed by atoms with Gasteiger partial charge in [0.25, 0.3) is 11.8 Å². The Morgan fingerprint density at radius 1 is 1.09 bits per heavy atom. The number of rotatable bonds is 9. The van der Waals surface area contributed by atoms with Gasteiger partial charge in [-0.3, -0.25) is 9.59 Å². The average molecular weight is 465 g/mol. The molecule has 1 aliphatic rings. The summed E-state index contributed by atoms with van der Waals surface area (Å²) in [5.41, 5.74) is 2.00. The minimum absolute atomic E-state index is 0.00852. The number of pyridine rings is 1. The van der Waals surface area contributed by atoms with E-state index < -0.39 is 0 Å². The first-order chi connectivity index (χ1) is 16.6. The van der Waals surface area contributed by atoms with Crippen LogP contribution in [0, 0.1) is 5.92 Å². The zero-order valence-electron chi connectivity index (χ0n) is 19.8. The highest BCUT2D eigenvalue weighted by molar-refractivity contribution is 5.98. The fraction of sp³-hybridized carbons (Fsp3) is 0.423. The standard InChI is InChI=1S/C26H32N4O4/c1-33-22-8-5-7-21(24(22)34-2)26(32)29-15-11-19(12-16-29)6-3-4-13-28-25(31)20-9-10-23-27-14-17-30(23)18-20/h5,7-10,14,17-19H,3-4,6,11-13,15-16H2,1-2H3,(H,28,31). The highest BCUT2D eigenvalue weighted by atomic mass is 16.5. The van der Waals surface area contributed by atoms with Crippen molar-refractivity contribution in [1.82, 2.24) is 19.6 Å². The molecule has 3 heterocycles. The van der Waals surface area contributed by atoms with Gasteiger partial charge < -0.3 is 24.1 Å². The van der Waals surface area contributed by atoms with Crippen molar-refractivity contribution in [2.75, 3.05) is 33.9 Å².